The molecule has 3 atom stereocenters. The number of aromatic hydroxyl groups is 1. The van der Waals surface area contributed by atoms with Crippen LogP contribution < -0.4 is 51.3 Å². The summed E-state index contributed by atoms with van der Waals surface area (Å²) in [6.45, 7) is -0.166. The number of nitrogens with two attached hydrogens (primary N) is 1. The minimum atomic E-state index is -1.46. The predicted molar refractivity (Wildman–Crippen MR) is 141 cm³/mol. The number of β-lactam (4-membered cyclic amide) rings is 1. The first-order valence-corrected chi connectivity index (χ1v) is 14.9. The Hall–Kier alpha value is -2.45. The second-order valence-electron chi connectivity index (χ2n) is 9.53. The number of carbonyl (C=O) groups is 3. The number of thioether (sulfide) groups is 2. The van der Waals surface area contributed by atoms with Crippen LogP contribution in [0.15, 0.2) is 15.1 Å². The number of anilines is 1. The van der Waals surface area contributed by atoms with Crippen molar-refractivity contribution < 1.29 is 59.0 Å². The molecule has 0 bridgehead atoms. The van der Waals surface area contributed by atoms with Crippen LogP contribution in [0.2, 0.25) is 0 Å². The molecule has 16 nitrogen and oxygen atoms in total. The van der Waals surface area contributed by atoms with Gasteiger partial charge >= 0.3 is 35.1 Å². The molecule has 2 saturated heterocycles. The largest absolute Gasteiger partial charge is 1.00 e. The van der Waals surface area contributed by atoms with Crippen LogP contribution in [0.25, 0.3) is 0 Å². The van der Waals surface area contributed by atoms with E-state index in [1.165, 1.54) is 23.7 Å². The first kappa shape index (κ1) is 31.5. The minimum Gasteiger partial charge on any atom is -0.549 e. The van der Waals surface area contributed by atoms with E-state index >= 15 is 0 Å². The number of aliphatic carboxylic acids is 1. The molecular weight excluding hydrogens is 609 g/mol. The molecule has 3 aliphatic rings. The van der Waals surface area contributed by atoms with Gasteiger partial charge in [-0.25, -0.2) is 4.68 Å². The Morgan fingerprint density at radius 2 is 2.05 bits per heavy atom. The molecule has 4 N–H and O–H groups in total. The van der Waals surface area contributed by atoms with Crippen molar-refractivity contribution in [1.29, 1.82) is 0 Å². The zero-order valence-electron chi connectivity index (χ0n) is 22.0. The molecule has 2 aliphatic heterocycles. The summed E-state index contributed by atoms with van der Waals surface area (Å²) in [5.41, 5.74) is 3.08. The van der Waals surface area contributed by atoms with Crippen molar-refractivity contribution >= 4 is 63.7 Å². The van der Waals surface area contributed by atoms with Crippen LogP contribution in [-0.4, -0.2) is 93.2 Å². The number of rotatable bonds is 9. The molecule has 2 aromatic heterocycles. The Morgan fingerprint density at radius 1 is 1.32 bits per heavy atom. The molecule has 2 unspecified atom stereocenters. The summed E-state index contributed by atoms with van der Waals surface area (Å²) >= 11 is 3.02. The van der Waals surface area contributed by atoms with Gasteiger partial charge in [0, 0.05) is 42.0 Å². The second kappa shape index (κ2) is 12.8. The molecule has 0 spiro atoms. The molecule has 214 valence electrons. The number of carboxylic acid groups (broad SMARTS) is 1. The first-order chi connectivity index (χ1) is 19.1. The van der Waals surface area contributed by atoms with Gasteiger partial charge < -0.3 is 35.8 Å². The molecule has 41 heavy (non-hydrogen) atoms. The van der Waals surface area contributed by atoms with E-state index in [1.54, 1.807) is 0 Å². The Balaban J connectivity index is 0.00000387. The Morgan fingerprint density at radius 3 is 2.71 bits per heavy atom. The topological polar surface area (TPSA) is 231 Å². The standard InChI is InChI=1S/C21H25N9O7S3.Na/c1-29-20(25-14(32)15(33)26-29)39-8-21(18(35)36)6-30-16(34)11(17(30)38-7-21)23-13(31)10(12-24-19(22)40-28-12)27-37-9-4-2-3-5-9;/h9,11,17H,2-8H2,1H3,(H,23,31)(H,26,33)(H,35,36)(H2,22,24,28);/q;+1/p-1/t11?,17-,21?;/m1./s1. The number of nitrogen functional groups attached to an aromatic ring is 1. The number of hydrogen-bond acceptors (Lipinski definition) is 16. The van der Waals surface area contributed by atoms with E-state index < -0.39 is 46.1 Å². The van der Waals surface area contributed by atoms with Crippen LogP contribution in [-0.2, 0) is 26.3 Å². The Kier molecular flexibility index (Phi) is 9.85. The van der Waals surface area contributed by atoms with Crippen LogP contribution in [0, 0.1) is 5.41 Å². The second-order valence-corrected chi connectivity index (χ2v) is 12.4. The minimum absolute atomic E-state index is 0. The number of carboxylic acids is 1. The van der Waals surface area contributed by atoms with Crippen LogP contribution in [0.5, 0.6) is 5.88 Å². The summed E-state index contributed by atoms with van der Waals surface area (Å²) in [4.78, 5) is 64.8. The first-order valence-electron chi connectivity index (χ1n) is 12.1. The van der Waals surface area contributed by atoms with Gasteiger partial charge in [0.15, 0.2) is 10.3 Å². The summed E-state index contributed by atoms with van der Waals surface area (Å²) < 4.78 is 5.21. The van der Waals surface area contributed by atoms with E-state index in [9.17, 15) is 29.4 Å². The summed E-state index contributed by atoms with van der Waals surface area (Å²) in [6, 6.07) is -0.929. The molecule has 4 heterocycles. The zero-order chi connectivity index (χ0) is 28.6. The van der Waals surface area contributed by atoms with Gasteiger partial charge in [-0.3, -0.25) is 14.4 Å². The van der Waals surface area contributed by atoms with Crippen molar-refractivity contribution in [3.63, 3.8) is 0 Å². The SMILES string of the molecule is Cn1nc(O)c(=O)nc1SCC1(C(=O)[O-])CS[C@@H]2C(NC(=O)C(=NOC3CCCC3)c3nsc(N)n3)C(=O)N2C1.[Na+]. The summed E-state index contributed by atoms with van der Waals surface area (Å²) in [7, 11) is 1.45. The van der Waals surface area contributed by atoms with Crippen molar-refractivity contribution in [2.24, 2.45) is 17.6 Å². The van der Waals surface area contributed by atoms with Gasteiger partial charge in [-0.1, -0.05) is 16.9 Å². The number of amides is 2. The van der Waals surface area contributed by atoms with Crippen molar-refractivity contribution in [3.05, 3.63) is 16.2 Å². The molecule has 20 heteroatoms. The van der Waals surface area contributed by atoms with Crippen LogP contribution in [0.3, 0.4) is 0 Å². The van der Waals surface area contributed by atoms with Gasteiger partial charge in [0.2, 0.25) is 17.4 Å². The normalized spacial score (nSPS) is 24.3. The zero-order valence-corrected chi connectivity index (χ0v) is 26.5. The summed E-state index contributed by atoms with van der Waals surface area (Å²) in [5.74, 6) is -3.35. The number of oxime groups is 1. The molecule has 3 fully saturated rings. The fourth-order valence-electron chi connectivity index (χ4n) is 4.51. The van der Waals surface area contributed by atoms with E-state index in [4.69, 9.17) is 10.6 Å². The number of fused-ring (bicyclic) bond motifs is 1. The van der Waals surface area contributed by atoms with Crippen molar-refractivity contribution in [1.82, 2.24) is 34.3 Å². The number of nitrogens with zero attached hydrogens (tertiary/aromatic N) is 7. The van der Waals surface area contributed by atoms with E-state index in [1.807, 2.05) is 0 Å². The van der Waals surface area contributed by atoms with E-state index in [2.05, 4.69) is 29.9 Å². The molecule has 5 rings (SSSR count). The van der Waals surface area contributed by atoms with Crippen LogP contribution in [0.4, 0.5) is 5.13 Å². The molecule has 0 aromatic carbocycles. The van der Waals surface area contributed by atoms with Gasteiger partial charge in [0.25, 0.3) is 11.8 Å². The quantitative estimate of drug-likeness (QED) is 0.0771. The molecule has 2 aromatic rings. The van der Waals surface area contributed by atoms with Gasteiger partial charge in [-0.05, 0) is 25.7 Å². The van der Waals surface area contributed by atoms with Crippen LogP contribution >= 0.6 is 35.1 Å². The average molecular weight is 634 g/mol. The fourth-order valence-corrected chi connectivity index (χ4v) is 7.70. The van der Waals surface area contributed by atoms with Crippen molar-refractivity contribution in [2.75, 3.05) is 23.8 Å². The maximum absolute atomic E-state index is 13.2. The van der Waals surface area contributed by atoms with E-state index in [0.29, 0.717) is 0 Å². The summed E-state index contributed by atoms with van der Waals surface area (Å²) in [6.07, 6.45) is 3.50. The van der Waals surface area contributed by atoms with Crippen LogP contribution in [0.1, 0.15) is 31.5 Å². The number of aryl methyl sites for hydroxylation is 1. The van der Waals surface area contributed by atoms with Crippen molar-refractivity contribution in [3.8, 4) is 5.88 Å². The molecular formula is C21H24N9NaO7S3. The van der Waals surface area contributed by atoms with E-state index in [-0.39, 0.29) is 75.5 Å². The van der Waals surface area contributed by atoms with Crippen molar-refractivity contribution in [2.45, 2.75) is 48.4 Å². The van der Waals surface area contributed by atoms with Gasteiger partial charge in [0.05, 0.1) is 5.97 Å². The summed E-state index contributed by atoms with van der Waals surface area (Å²) in [5, 5.41) is 31.7. The number of carbonyl (C=O) groups excluding carboxylic acids is 3. The van der Waals surface area contributed by atoms with Gasteiger partial charge in [0.1, 0.15) is 17.5 Å². The number of hydrogen-bond donors (Lipinski definition) is 3. The maximum Gasteiger partial charge on any atom is 1.00 e. The molecule has 2 amide bonds. The third kappa shape index (κ3) is 6.48. The third-order valence-corrected chi connectivity index (χ3v) is 10.2. The van der Waals surface area contributed by atoms with E-state index in [0.717, 1.165) is 53.7 Å². The Labute approximate surface area is 267 Å². The predicted octanol–water partition coefficient (Wildman–Crippen LogP) is -5.09. The van der Waals surface area contributed by atoms with Gasteiger partial charge in [-0.2, -0.15) is 14.3 Å². The molecule has 1 saturated carbocycles. The molecule has 0 radical (unpaired) electrons. The maximum atomic E-state index is 13.2. The Bertz CT molecular complexity index is 1430. The number of aromatic nitrogens is 5. The van der Waals surface area contributed by atoms with Gasteiger partial charge in [-0.15, -0.1) is 16.9 Å². The third-order valence-electron chi connectivity index (χ3n) is 6.72. The molecule has 1 aliphatic carbocycles. The monoisotopic (exact) mass is 633 g/mol. The smallest absolute Gasteiger partial charge is 0.549 e. The fraction of sp³-hybridized carbons (Fsp3) is 0.571. The average Bonchev–Trinajstić information content (AvgIpc) is 3.60. The number of nitrogens with one attached hydrogen (secondary N) is 1.